The molecule has 0 fully saturated rings. The van der Waals surface area contributed by atoms with E-state index in [0.717, 1.165) is 30.9 Å². The maximum atomic E-state index is 12.0. The van der Waals surface area contributed by atoms with Crippen LogP contribution >= 0.6 is 0 Å². The minimum Gasteiger partial charge on any atom is -0.478 e. The van der Waals surface area contributed by atoms with Crippen LogP contribution < -0.4 is 5.32 Å². The van der Waals surface area contributed by atoms with Crippen LogP contribution in [-0.4, -0.2) is 23.0 Å². The Balaban J connectivity index is 2.59. The van der Waals surface area contributed by atoms with Gasteiger partial charge in [0, 0.05) is 17.7 Å². The first kappa shape index (κ1) is 16.0. The first-order valence-electron chi connectivity index (χ1n) is 6.85. The number of carbonyl (C=O) groups excluding carboxylic acids is 1. The molecular weight excluding hydrogens is 254 g/mol. The van der Waals surface area contributed by atoms with E-state index in [4.69, 9.17) is 5.11 Å². The van der Waals surface area contributed by atoms with Crippen LogP contribution in [0.3, 0.4) is 0 Å². The summed E-state index contributed by atoms with van der Waals surface area (Å²) in [5.74, 6) is -1.08. The zero-order valence-corrected chi connectivity index (χ0v) is 11.9. The highest BCUT2D eigenvalue weighted by atomic mass is 16.4. The maximum Gasteiger partial charge on any atom is 0.328 e. The van der Waals surface area contributed by atoms with Crippen molar-refractivity contribution in [1.82, 2.24) is 5.32 Å². The first-order valence-corrected chi connectivity index (χ1v) is 6.85. The lowest BCUT2D eigenvalue weighted by Crippen LogP contribution is -2.32. The van der Waals surface area contributed by atoms with Gasteiger partial charge in [0.25, 0.3) is 5.91 Å². The van der Waals surface area contributed by atoms with Gasteiger partial charge in [-0.05, 0) is 37.1 Å². The van der Waals surface area contributed by atoms with Crippen molar-refractivity contribution in [2.24, 2.45) is 0 Å². The number of rotatable bonds is 7. The van der Waals surface area contributed by atoms with Crippen LogP contribution in [0, 0.1) is 0 Å². The second kappa shape index (κ2) is 8.15. The molecule has 1 atom stereocenters. The van der Waals surface area contributed by atoms with Gasteiger partial charge in [-0.3, -0.25) is 4.79 Å². The van der Waals surface area contributed by atoms with Crippen molar-refractivity contribution in [2.45, 2.75) is 39.2 Å². The molecule has 1 aromatic carbocycles. The Morgan fingerprint density at radius 1 is 1.30 bits per heavy atom. The fourth-order valence-electron chi connectivity index (χ4n) is 1.80. The number of nitrogens with one attached hydrogen (secondary N) is 1. The van der Waals surface area contributed by atoms with Crippen LogP contribution in [0.15, 0.2) is 30.3 Å². The number of aliphatic carboxylic acids is 1. The minimum absolute atomic E-state index is 0.0950. The third kappa shape index (κ3) is 5.69. The standard InChI is InChI=1S/C16H21NO3/c1-3-4-5-12(2)17-16(20)14-9-6-13(7-10-14)8-11-15(18)19/h6-12H,3-5H2,1-2H3,(H,17,20)(H,18,19). The predicted octanol–water partition coefficient (Wildman–Crippen LogP) is 3.09. The van der Waals surface area contributed by atoms with E-state index in [2.05, 4.69) is 12.2 Å². The van der Waals surface area contributed by atoms with Crippen LogP contribution in [0.25, 0.3) is 6.08 Å². The van der Waals surface area contributed by atoms with Gasteiger partial charge < -0.3 is 10.4 Å². The Bertz CT molecular complexity index is 477. The lowest BCUT2D eigenvalue weighted by molar-refractivity contribution is -0.131. The van der Waals surface area contributed by atoms with E-state index >= 15 is 0 Å². The van der Waals surface area contributed by atoms with Gasteiger partial charge in [0.1, 0.15) is 0 Å². The summed E-state index contributed by atoms with van der Waals surface area (Å²) in [6.07, 6.45) is 5.75. The summed E-state index contributed by atoms with van der Waals surface area (Å²) in [6, 6.07) is 7.01. The molecule has 108 valence electrons. The second-order valence-corrected chi connectivity index (χ2v) is 4.81. The second-order valence-electron chi connectivity index (χ2n) is 4.81. The van der Waals surface area contributed by atoms with Gasteiger partial charge in [-0.15, -0.1) is 0 Å². The fourth-order valence-corrected chi connectivity index (χ4v) is 1.80. The molecule has 0 spiro atoms. The van der Waals surface area contributed by atoms with E-state index in [-0.39, 0.29) is 11.9 Å². The third-order valence-electron chi connectivity index (χ3n) is 2.96. The summed E-state index contributed by atoms with van der Waals surface area (Å²) < 4.78 is 0. The monoisotopic (exact) mass is 275 g/mol. The van der Waals surface area contributed by atoms with Gasteiger partial charge in [0.05, 0.1) is 0 Å². The molecule has 0 saturated carbocycles. The molecular formula is C16H21NO3. The van der Waals surface area contributed by atoms with E-state index in [1.165, 1.54) is 6.08 Å². The maximum absolute atomic E-state index is 12.0. The molecule has 0 bridgehead atoms. The van der Waals surface area contributed by atoms with Crippen LogP contribution in [-0.2, 0) is 4.79 Å². The van der Waals surface area contributed by atoms with E-state index in [1.54, 1.807) is 24.3 Å². The molecule has 0 radical (unpaired) electrons. The predicted molar refractivity (Wildman–Crippen MR) is 79.6 cm³/mol. The minimum atomic E-state index is -0.989. The van der Waals surface area contributed by atoms with Crippen molar-refractivity contribution in [1.29, 1.82) is 0 Å². The molecule has 1 rings (SSSR count). The number of amides is 1. The quantitative estimate of drug-likeness (QED) is 0.751. The van der Waals surface area contributed by atoms with Gasteiger partial charge >= 0.3 is 5.97 Å². The van der Waals surface area contributed by atoms with Crippen LogP contribution in [0.4, 0.5) is 0 Å². The van der Waals surface area contributed by atoms with Crippen LogP contribution in [0.5, 0.6) is 0 Å². The normalized spacial score (nSPS) is 12.3. The molecule has 0 aliphatic rings. The Kier molecular flexibility index (Phi) is 6.50. The summed E-state index contributed by atoms with van der Waals surface area (Å²) in [4.78, 5) is 22.4. The van der Waals surface area contributed by atoms with E-state index in [0.29, 0.717) is 5.56 Å². The van der Waals surface area contributed by atoms with Gasteiger partial charge in [0.2, 0.25) is 0 Å². The van der Waals surface area contributed by atoms with E-state index in [9.17, 15) is 9.59 Å². The highest BCUT2D eigenvalue weighted by molar-refractivity contribution is 5.94. The third-order valence-corrected chi connectivity index (χ3v) is 2.96. The summed E-state index contributed by atoms with van der Waals surface area (Å²) >= 11 is 0. The summed E-state index contributed by atoms with van der Waals surface area (Å²) in [6.45, 7) is 4.12. The summed E-state index contributed by atoms with van der Waals surface area (Å²) in [5.41, 5.74) is 1.34. The van der Waals surface area contributed by atoms with Gasteiger partial charge in [-0.2, -0.15) is 0 Å². The molecule has 0 saturated heterocycles. The fraction of sp³-hybridized carbons (Fsp3) is 0.375. The Morgan fingerprint density at radius 3 is 2.50 bits per heavy atom. The number of hydrogen-bond acceptors (Lipinski definition) is 2. The van der Waals surface area contributed by atoms with Gasteiger partial charge in [-0.25, -0.2) is 4.79 Å². The highest BCUT2D eigenvalue weighted by Crippen LogP contribution is 2.07. The zero-order chi connectivity index (χ0) is 15.0. The topological polar surface area (TPSA) is 66.4 Å². The van der Waals surface area contributed by atoms with E-state index in [1.807, 2.05) is 6.92 Å². The molecule has 0 aliphatic carbocycles. The van der Waals surface area contributed by atoms with Crippen molar-refractivity contribution >= 4 is 18.0 Å². The van der Waals surface area contributed by atoms with Crippen LogP contribution in [0.2, 0.25) is 0 Å². The molecule has 4 nitrogen and oxygen atoms in total. The molecule has 0 heterocycles. The molecule has 4 heteroatoms. The van der Waals surface area contributed by atoms with Crippen molar-refractivity contribution in [3.63, 3.8) is 0 Å². The lowest BCUT2D eigenvalue weighted by atomic mass is 10.1. The molecule has 0 aliphatic heterocycles. The van der Waals surface area contributed by atoms with Crippen molar-refractivity contribution in [2.75, 3.05) is 0 Å². The Labute approximate surface area is 119 Å². The number of hydrogen-bond donors (Lipinski definition) is 2. The number of unbranched alkanes of at least 4 members (excludes halogenated alkanes) is 1. The summed E-state index contributed by atoms with van der Waals surface area (Å²) in [7, 11) is 0. The van der Waals surface area contributed by atoms with Crippen molar-refractivity contribution in [3.05, 3.63) is 41.5 Å². The number of carbonyl (C=O) groups is 2. The van der Waals surface area contributed by atoms with Crippen LogP contribution in [0.1, 0.15) is 49.0 Å². The highest BCUT2D eigenvalue weighted by Gasteiger charge is 2.08. The molecule has 2 N–H and O–H groups in total. The molecule has 1 unspecified atom stereocenters. The van der Waals surface area contributed by atoms with E-state index < -0.39 is 5.97 Å². The van der Waals surface area contributed by atoms with Crippen molar-refractivity contribution in [3.8, 4) is 0 Å². The first-order chi connectivity index (χ1) is 9.52. The summed E-state index contributed by atoms with van der Waals surface area (Å²) in [5, 5.41) is 11.5. The van der Waals surface area contributed by atoms with Crippen molar-refractivity contribution < 1.29 is 14.7 Å². The van der Waals surface area contributed by atoms with Gasteiger partial charge in [0.15, 0.2) is 0 Å². The number of carboxylic acids is 1. The Hall–Kier alpha value is -2.10. The number of carboxylic acid groups (broad SMARTS) is 1. The SMILES string of the molecule is CCCCC(C)NC(=O)c1ccc(C=CC(=O)O)cc1. The van der Waals surface area contributed by atoms with Gasteiger partial charge in [-0.1, -0.05) is 31.9 Å². The number of benzene rings is 1. The lowest BCUT2D eigenvalue weighted by Gasteiger charge is -2.13. The zero-order valence-electron chi connectivity index (χ0n) is 11.9. The molecule has 0 aromatic heterocycles. The molecule has 1 aromatic rings. The molecule has 1 amide bonds. The average Bonchev–Trinajstić information content (AvgIpc) is 2.43. The largest absolute Gasteiger partial charge is 0.478 e. The smallest absolute Gasteiger partial charge is 0.328 e. The molecule has 20 heavy (non-hydrogen) atoms. The Morgan fingerprint density at radius 2 is 1.95 bits per heavy atom. The average molecular weight is 275 g/mol.